The first kappa shape index (κ1) is 19.1. The monoisotopic (exact) mass is 429 g/mol. The van der Waals surface area contributed by atoms with E-state index in [1.807, 2.05) is 53.1 Å². The molecule has 0 aliphatic carbocycles. The van der Waals surface area contributed by atoms with Crippen LogP contribution in [-0.4, -0.2) is 13.0 Å². The predicted octanol–water partition coefficient (Wildman–Crippen LogP) is 5.97. The summed E-state index contributed by atoms with van der Waals surface area (Å²) in [6.07, 6.45) is 1.73. The van der Waals surface area contributed by atoms with Crippen LogP contribution >= 0.6 is 23.2 Å². The average molecular weight is 430 g/mol. The van der Waals surface area contributed by atoms with E-state index in [0.717, 1.165) is 16.5 Å². The number of hydrogen-bond acceptors (Lipinski definition) is 2. The maximum atomic E-state index is 13.1. The maximum Gasteiger partial charge on any atom is 0.184 e. The van der Waals surface area contributed by atoms with Gasteiger partial charge in [-0.15, -0.1) is 0 Å². The number of rotatable bonds is 5. The third-order valence-corrected chi connectivity index (χ3v) is 6.84. The van der Waals surface area contributed by atoms with Crippen LogP contribution in [0.3, 0.4) is 0 Å². The van der Waals surface area contributed by atoms with Crippen molar-refractivity contribution in [2.45, 2.75) is 17.2 Å². The molecule has 1 aromatic heterocycles. The molecular formula is C22H17Cl2NO2S. The van der Waals surface area contributed by atoms with E-state index in [4.69, 9.17) is 23.2 Å². The van der Waals surface area contributed by atoms with Gasteiger partial charge in [-0.25, -0.2) is 8.42 Å². The number of para-hydroxylation sites is 1. The lowest BCUT2D eigenvalue weighted by Crippen LogP contribution is -2.05. The lowest BCUT2D eigenvalue weighted by Gasteiger charge is -2.05. The van der Waals surface area contributed by atoms with Crippen LogP contribution in [0.5, 0.6) is 0 Å². The van der Waals surface area contributed by atoms with E-state index in [9.17, 15) is 8.42 Å². The fraction of sp³-hybridized carbons (Fsp3) is 0.0909. The molecule has 0 aliphatic heterocycles. The van der Waals surface area contributed by atoms with E-state index in [1.54, 1.807) is 30.5 Å². The molecule has 0 saturated heterocycles. The largest absolute Gasteiger partial charge is 0.342 e. The van der Waals surface area contributed by atoms with E-state index in [1.165, 1.54) is 0 Å². The van der Waals surface area contributed by atoms with Gasteiger partial charge in [-0.1, -0.05) is 65.7 Å². The highest BCUT2D eigenvalue weighted by atomic mass is 35.5. The molecule has 4 rings (SSSR count). The fourth-order valence-electron chi connectivity index (χ4n) is 3.26. The third-order valence-electron chi connectivity index (χ3n) is 4.62. The van der Waals surface area contributed by atoms with Crippen molar-refractivity contribution in [3.05, 3.63) is 100 Å². The number of benzene rings is 3. The first-order valence-electron chi connectivity index (χ1n) is 8.72. The zero-order chi connectivity index (χ0) is 19.7. The van der Waals surface area contributed by atoms with E-state index < -0.39 is 9.84 Å². The molecular weight excluding hydrogens is 413 g/mol. The summed E-state index contributed by atoms with van der Waals surface area (Å²) < 4.78 is 28.3. The Morgan fingerprint density at radius 3 is 1.96 bits per heavy atom. The topological polar surface area (TPSA) is 39.1 Å². The molecule has 6 heteroatoms. The minimum Gasteiger partial charge on any atom is -0.342 e. The summed E-state index contributed by atoms with van der Waals surface area (Å²) in [6, 6.07) is 22.0. The van der Waals surface area contributed by atoms with Crippen LogP contribution in [0.25, 0.3) is 10.9 Å². The molecule has 0 saturated carbocycles. The van der Waals surface area contributed by atoms with Gasteiger partial charge in [-0.3, -0.25) is 0 Å². The van der Waals surface area contributed by atoms with Crippen LogP contribution in [-0.2, 0) is 22.1 Å². The van der Waals surface area contributed by atoms with Gasteiger partial charge in [-0.05, 0) is 41.5 Å². The number of fused-ring (bicyclic) bond motifs is 1. The van der Waals surface area contributed by atoms with Crippen molar-refractivity contribution in [2.75, 3.05) is 0 Å². The van der Waals surface area contributed by atoms with Crippen LogP contribution in [0.1, 0.15) is 11.1 Å². The van der Waals surface area contributed by atoms with Crippen LogP contribution in [0.15, 0.2) is 83.9 Å². The molecule has 0 bridgehead atoms. The second-order valence-electron chi connectivity index (χ2n) is 6.65. The molecule has 0 amide bonds. The van der Waals surface area contributed by atoms with Crippen LogP contribution in [0.4, 0.5) is 0 Å². The normalized spacial score (nSPS) is 11.8. The number of aromatic nitrogens is 1. The molecule has 0 unspecified atom stereocenters. The summed E-state index contributed by atoms with van der Waals surface area (Å²) in [4.78, 5) is 0.340. The lowest BCUT2D eigenvalue weighted by atomic mass is 10.2. The van der Waals surface area contributed by atoms with Crippen LogP contribution < -0.4 is 0 Å². The van der Waals surface area contributed by atoms with Gasteiger partial charge in [0.15, 0.2) is 9.84 Å². The Morgan fingerprint density at radius 1 is 0.750 bits per heavy atom. The Kier molecular flexibility index (Phi) is 5.19. The number of sulfone groups is 1. The van der Waals surface area contributed by atoms with Gasteiger partial charge in [0.25, 0.3) is 0 Å². The Hall–Kier alpha value is -2.27. The van der Waals surface area contributed by atoms with Gasteiger partial charge in [0.05, 0.1) is 10.6 Å². The standard InChI is InChI=1S/C22H17Cl2NO2S/c23-18-9-5-16(6-10-18)13-25-14-22(20-3-1-2-4-21(20)25)28(26,27)15-17-7-11-19(24)12-8-17/h1-12,14H,13,15H2. The van der Waals surface area contributed by atoms with Gasteiger partial charge >= 0.3 is 0 Å². The maximum absolute atomic E-state index is 13.1. The van der Waals surface area contributed by atoms with Crippen molar-refractivity contribution >= 4 is 43.9 Å². The number of nitrogens with zero attached hydrogens (tertiary/aromatic N) is 1. The third kappa shape index (κ3) is 3.95. The van der Waals surface area contributed by atoms with Crippen molar-refractivity contribution in [1.82, 2.24) is 4.57 Å². The average Bonchev–Trinajstić information content (AvgIpc) is 3.05. The molecule has 1 heterocycles. The molecule has 28 heavy (non-hydrogen) atoms. The van der Waals surface area contributed by atoms with Crippen molar-refractivity contribution in [2.24, 2.45) is 0 Å². The minimum absolute atomic E-state index is 0.0703. The van der Waals surface area contributed by atoms with E-state index in [-0.39, 0.29) is 5.75 Å². The molecule has 0 N–H and O–H groups in total. The fourth-order valence-corrected chi connectivity index (χ4v) is 5.09. The molecule has 0 radical (unpaired) electrons. The summed E-state index contributed by atoms with van der Waals surface area (Å²) in [5.74, 6) is -0.0703. The Bertz CT molecular complexity index is 1230. The molecule has 3 aromatic carbocycles. The highest BCUT2D eigenvalue weighted by Crippen LogP contribution is 2.29. The van der Waals surface area contributed by atoms with E-state index in [2.05, 4.69) is 0 Å². The molecule has 4 aromatic rings. The molecule has 0 spiro atoms. The molecule has 0 atom stereocenters. The minimum atomic E-state index is -3.52. The van der Waals surface area contributed by atoms with Crippen molar-refractivity contribution in [3.63, 3.8) is 0 Å². The van der Waals surface area contributed by atoms with Crippen molar-refractivity contribution in [1.29, 1.82) is 0 Å². The quantitative estimate of drug-likeness (QED) is 0.391. The number of halogens is 2. The van der Waals surface area contributed by atoms with Gasteiger partial charge in [0.2, 0.25) is 0 Å². The molecule has 142 valence electrons. The predicted molar refractivity (Wildman–Crippen MR) is 115 cm³/mol. The molecule has 3 nitrogen and oxygen atoms in total. The van der Waals surface area contributed by atoms with E-state index in [0.29, 0.717) is 27.0 Å². The first-order chi connectivity index (χ1) is 13.4. The summed E-state index contributed by atoms with van der Waals surface area (Å²) >= 11 is 11.9. The van der Waals surface area contributed by atoms with Gasteiger partial charge in [0.1, 0.15) is 0 Å². The van der Waals surface area contributed by atoms with E-state index >= 15 is 0 Å². The SMILES string of the molecule is O=S(=O)(Cc1ccc(Cl)cc1)c1cn(Cc2ccc(Cl)cc2)c2ccccc12. The first-order valence-corrected chi connectivity index (χ1v) is 11.1. The molecule has 0 fully saturated rings. The van der Waals surface area contributed by atoms with Gasteiger partial charge in [-0.2, -0.15) is 0 Å². The smallest absolute Gasteiger partial charge is 0.184 e. The highest BCUT2D eigenvalue weighted by Gasteiger charge is 2.21. The van der Waals surface area contributed by atoms with Crippen LogP contribution in [0.2, 0.25) is 10.0 Å². The van der Waals surface area contributed by atoms with Gasteiger partial charge in [0, 0.05) is 33.7 Å². The summed E-state index contributed by atoms with van der Waals surface area (Å²) in [5, 5.41) is 1.98. The van der Waals surface area contributed by atoms with Crippen molar-refractivity contribution < 1.29 is 8.42 Å². The van der Waals surface area contributed by atoms with Crippen LogP contribution in [0, 0.1) is 0 Å². The Labute approximate surface area is 174 Å². The zero-order valence-electron chi connectivity index (χ0n) is 14.8. The zero-order valence-corrected chi connectivity index (χ0v) is 17.2. The number of hydrogen-bond donors (Lipinski definition) is 0. The second kappa shape index (κ2) is 7.63. The Morgan fingerprint density at radius 2 is 1.32 bits per heavy atom. The Balaban J connectivity index is 1.74. The molecule has 0 aliphatic rings. The highest BCUT2D eigenvalue weighted by molar-refractivity contribution is 7.90. The van der Waals surface area contributed by atoms with Gasteiger partial charge < -0.3 is 4.57 Å². The summed E-state index contributed by atoms with van der Waals surface area (Å²) in [5.41, 5.74) is 2.64. The second-order valence-corrected chi connectivity index (χ2v) is 9.48. The summed E-state index contributed by atoms with van der Waals surface area (Å²) in [7, 11) is -3.52. The van der Waals surface area contributed by atoms with Crippen molar-refractivity contribution in [3.8, 4) is 0 Å². The lowest BCUT2D eigenvalue weighted by molar-refractivity contribution is 0.595. The summed E-state index contributed by atoms with van der Waals surface area (Å²) in [6.45, 7) is 0.564.